The Kier molecular flexibility index (Phi) is 5.55. The molecule has 1 saturated heterocycles. The Bertz CT molecular complexity index is 1250. The molecule has 170 valence electrons. The van der Waals surface area contributed by atoms with Crippen molar-refractivity contribution in [2.75, 3.05) is 13.7 Å². The van der Waals surface area contributed by atoms with Crippen LogP contribution in [-0.4, -0.2) is 45.3 Å². The van der Waals surface area contributed by atoms with Crippen molar-refractivity contribution in [3.8, 4) is 11.1 Å². The second-order valence-corrected chi connectivity index (χ2v) is 8.55. The molecule has 3 aromatic rings. The van der Waals surface area contributed by atoms with Gasteiger partial charge in [0.15, 0.2) is 0 Å². The number of aromatic nitrogens is 2. The van der Waals surface area contributed by atoms with Gasteiger partial charge < -0.3 is 14.4 Å². The summed E-state index contributed by atoms with van der Waals surface area (Å²) in [6.07, 6.45) is 3.31. The summed E-state index contributed by atoms with van der Waals surface area (Å²) in [6.45, 7) is 0.442. The highest BCUT2D eigenvalue weighted by Gasteiger charge is 2.56. The molecule has 1 aromatic carbocycles. The van der Waals surface area contributed by atoms with Crippen LogP contribution in [0.25, 0.3) is 11.1 Å². The second-order valence-electron chi connectivity index (χ2n) is 8.55. The van der Waals surface area contributed by atoms with E-state index in [1.165, 1.54) is 19.2 Å². The number of fused-ring (bicyclic) bond motifs is 3. The Labute approximate surface area is 190 Å². The van der Waals surface area contributed by atoms with Gasteiger partial charge in [-0.3, -0.25) is 19.5 Å². The molecular weight excluding hydrogens is 425 g/mol. The Morgan fingerprint density at radius 1 is 1.24 bits per heavy atom. The molecular formula is C25H24FN3O4. The molecule has 0 radical (unpaired) electrons. The fraction of sp³-hybridized carbons (Fsp3) is 0.320. The van der Waals surface area contributed by atoms with Crippen LogP contribution in [0.15, 0.2) is 65.7 Å². The lowest BCUT2D eigenvalue weighted by molar-refractivity contribution is -0.148. The van der Waals surface area contributed by atoms with Crippen molar-refractivity contribution in [3.05, 3.63) is 88.4 Å². The third-order valence-corrected chi connectivity index (χ3v) is 6.86. The number of aliphatic hydroxyl groups excluding tert-OH is 1. The number of carbonyl (C=O) groups is 1. The minimum Gasteiger partial charge on any atom is -0.468 e. The highest BCUT2D eigenvalue weighted by Crippen LogP contribution is 2.50. The number of carbonyl (C=O) groups excluding carboxylic acids is 1. The van der Waals surface area contributed by atoms with Crippen LogP contribution in [0.2, 0.25) is 0 Å². The third-order valence-electron chi connectivity index (χ3n) is 6.86. The lowest BCUT2D eigenvalue weighted by atomic mass is 9.88. The zero-order valence-electron chi connectivity index (χ0n) is 18.1. The van der Waals surface area contributed by atoms with Crippen LogP contribution in [-0.2, 0) is 22.6 Å². The van der Waals surface area contributed by atoms with Crippen molar-refractivity contribution in [2.45, 2.75) is 25.2 Å². The van der Waals surface area contributed by atoms with E-state index in [-0.39, 0.29) is 36.5 Å². The molecule has 1 fully saturated rings. The monoisotopic (exact) mass is 449 g/mol. The minimum atomic E-state index is -0.694. The van der Waals surface area contributed by atoms with Gasteiger partial charge in [0, 0.05) is 60.7 Å². The first-order valence-electron chi connectivity index (χ1n) is 10.9. The van der Waals surface area contributed by atoms with Gasteiger partial charge in [0.25, 0.3) is 5.56 Å². The average Bonchev–Trinajstić information content (AvgIpc) is 3.35. The SMILES string of the molecule is COC(=O)[C@@H]1[C@@H](CO)[C@@H]2Cn3c(ccc(-c4cccnc4)c3=O)[C@@H]2N1Cc1cccc(F)c1. The Morgan fingerprint density at radius 3 is 2.79 bits per heavy atom. The molecule has 2 aromatic heterocycles. The zero-order chi connectivity index (χ0) is 23.1. The standard InChI is InChI=1S/C25H24FN3O4/c1-33-25(32)23-20(14-30)19-13-28-21(8-7-18(24(28)31)16-5-3-9-27-11-16)22(19)29(23)12-15-4-2-6-17(26)10-15/h2-11,19-20,22-23,30H,12-14H2,1H3/t19-,20-,22+,23-/m0/s1. The van der Waals surface area contributed by atoms with E-state index < -0.39 is 17.9 Å². The molecule has 2 aliphatic heterocycles. The number of ether oxygens (including phenoxy) is 1. The summed E-state index contributed by atoms with van der Waals surface area (Å²) < 4.78 is 20.7. The number of esters is 1. The molecule has 5 rings (SSSR count). The number of pyridine rings is 2. The van der Waals surface area contributed by atoms with E-state index in [2.05, 4.69) is 4.98 Å². The number of methoxy groups -OCH3 is 1. The molecule has 0 aliphatic carbocycles. The summed E-state index contributed by atoms with van der Waals surface area (Å²) in [5, 5.41) is 10.2. The molecule has 0 amide bonds. The lowest BCUT2D eigenvalue weighted by Crippen LogP contribution is -2.43. The summed E-state index contributed by atoms with van der Waals surface area (Å²) in [5.74, 6) is -1.39. The molecule has 33 heavy (non-hydrogen) atoms. The molecule has 8 heteroatoms. The summed E-state index contributed by atoms with van der Waals surface area (Å²) in [7, 11) is 1.32. The van der Waals surface area contributed by atoms with Gasteiger partial charge >= 0.3 is 5.97 Å². The van der Waals surface area contributed by atoms with Crippen molar-refractivity contribution in [3.63, 3.8) is 0 Å². The van der Waals surface area contributed by atoms with Gasteiger partial charge in [-0.2, -0.15) is 0 Å². The summed E-state index contributed by atoms with van der Waals surface area (Å²) >= 11 is 0. The van der Waals surface area contributed by atoms with Gasteiger partial charge in [0.2, 0.25) is 0 Å². The van der Waals surface area contributed by atoms with E-state index in [1.54, 1.807) is 41.2 Å². The first-order valence-corrected chi connectivity index (χ1v) is 10.9. The molecule has 4 atom stereocenters. The molecule has 2 aliphatic rings. The van der Waals surface area contributed by atoms with Gasteiger partial charge in [-0.05, 0) is 35.9 Å². The van der Waals surface area contributed by atoms with Gasteiger partial charge in [-0.15, -0.1) is 0 Å². The van der Waals surface area contributed by atoms with Gasteiger partial charge in [0.1, 0.15) is 11.9 Å². The van der Waals surface area contributed by atoms with Crippen LogP contribution in [0.5, 0.6) is 0 Å². The van der Waals surface area contributed by atoms with E-state index in [4.69, 9.17) is 4.74 Å². The molecule has 7 nitrogen and oxygen atoms in total. The van der Waals surface area contributed by atoms with Crippen LogP contribution >= 0.6 is 0 Å². The highest BCUT2D eigenvalue weighted by atomic mass is 19.1. The minimum absolute atomic E-state index is 0.132. The Morgan fingerprint density at radius 2 is 2.09 bits per heavy atom. The van der Waals surface area contributed by atoms with Crippen molar-refractivity contribution in [1.82, 2.24) is 14.5 Å². The van der Waals surface area contributed by atoms with Crippen molar-refractivity contribution >= 4 is 5.97 Å². The van der Waals surface area contributed by atoms with Crippen molar-refractivity contribution < 1.29 is 19.0 Å². The maximum Gasteiger partial charge on any atom is 0.323 e. The maximum absolute atomic E-state index is 13.9. The topological polar surface area (TPSA) is 84.7 Å². The quantitative estimate of drug-likeness (QED) is 0.602. The zero-order valence-corrected chi connectivity index (χ0v) is 18.1. The third kappa shape index (κ3) is 3.55. The largest absolute Gasteiger partial charge is 0.468 e. The van der Waals surface area contributed by atoms with Crippen LogP contribution in [0.4, 0.5) is 4.39 Å². The molecule has 4 heterocycles. The number of aliphatic hydroxyl groups is 1. The molecule has 0 spiro atoms. The molecule has 1 N–H and O–H groups in total. The predicted molar refractivity (Wildman–Crippen MR) is 118 cm³/mol. The molecule has 0 unspecified atom stereocenters. The van der Waals surface area contributed by atoms with Crippen LogP contribution in [0, 0.1) is 17.7 Å². The van der Waals surface area contributed by atoms with E-state index in [9.17, 15) is 19.1 Å². The summed E-state index contributed by atoms with van der Waals surface area (Å²) in [6, 6.07) is 12.6. The number of rotatable bonds is 5. The lowest BCUT2D eigenvalue weighted by Gasteiger charge is -2.30. The number of benzene rings is 1. The molecule has 0 bridgehead atoms. The van der Waals surface area contributed by atoms with Crippen LogP contribution in [0.1, 0.15) is 17.3 Å². The first-order chi connectivity index (χ1) is 16.0. The number of hydrogen-bond donors (Lipinski definition) is 1. The fourth-order valence-electron chi connectivity index (χ4n) is 5.46. The van der Waals surface area contributed by atoms with Crippen LogP contribution < -0.4 is 5.56 Å². The first kappa shape index (κ1) is 21.5. The summed E-state index contributed by atoms with van der Waals surface area (Å²) in [4.78, 5) is 32.2. The molecule has 0 saturated carbocycles. The van der Waals surface area contributed by atoms with Crippen molar-refractivity contribution in [1.29, 1.82) is 0 Å². The van der Waals surface area contributed by atoms with E-state index >= 15 is 0 Å². The van der Waals surface area contributed by atoms with Crippen LogP contribution in [0.3, 0.4) is 0 Å². The van der Waals surface area contributed by atoms with Crippen molar-refractivity contribution in [2.24, 2.45) is 11.8 Å². The predicted octanol–water partition coefficient (Wildman–Crippen LogP) is 2.39. The number of halogens is 1. The number of hydrogen-bond acceptors (Lipinski definition) is 6. The van der Waals surface area contributed by atoms with Gasteiger partial charge in [0.05, 0.1) is 13.2 Å². The van der Waals surface area contributed by atoms with Gasteiger partial charge in [-0.25, -0.2) is 4.39 Å². The average molecular weight is 449 g/mol. The normalized spacial score (nSPS) is 23.8. The van der Waals surface area contributed by atoms with E-state index in [0.29, 0.717) is 17.7 Å². The fourth-order valence-corrected chi connectivity index (χ4v) is 5.46. The second kappa shape index (κ2) is 8.53. The number of likely N-dealkylation sites (tertiary alicyclic amines) is 1. The number of nitrogens with zero attached hydrogens (tertiary/aromatic N) is 3. The smallest absolute Gasteiger partial charge is 0.323 e. The van der Waals surface area contributed by atoms with E-state index in [1.807, 2.05) is 17.0 Å². The summed E-state index contributed by atoms with van der Waals surface area (Å²) in [5.41, 5.74) is 2.63. The highest BCUT2D eigenvalue weighted by molar-refractivity contribution is 5.77. The Balaban J connectivity index is 1.60. The van der Waals surface area contributed by atoms with Gasteiger partial charge in [-0.1, -0.05) is 18.2 Å². The Hall–Kier alpha value is -3.36. The maximum atomic E-state index is 13.9. The van der Waals surface area contributed by atoms with E-state index in [0.717, 1.165) is 11.3 Å².